The Kier molecular flexibility index (Phi) is 5.91. The highest BCUT2D eigenvalue weighted by Crippen LogP contribution is 2.34. The van der Waals surface area contributed by atoms with E-state index in [4.69, 9.17) is 0 Å². The zero-order valence-corrected chi connectivity index (χ0v) is 14.5. The van der Waals surface area contributed by atoms with E-state index in [-0.39, 0.29) is 0 Å². The average molecular weight is 339 g/mol. The Bertz CT molecular complexity index is 431. The quantitative estimate of drug-likeness (QED) is 0.822. The van der Waals surface area contributed by atoms with E-state index in [1.54, 1.807) is 0 Å². The fourth-order valence-corrected chi connectivity index (χ4v) is 3.62. The summed E-state index contributed by atoms with van der Waals surface area (Å²) in [7, 11) is 2.04. The number of benzene rings is 1. The van der Waals surface area contributed by atoms with E-state index in [1.165, 1.54) is 54.4 Å². The number of piperidine rings is 1. The fourth-order valence-electron chi connectivity index (χ4n) is 3.24. The third-order valence-electron chi connectivity index (χ3n) is 4.45. The van der Waals surface area contributed by atoms with Gasteiger partial charge < -0.3 is 10.2 Å². The largest absolute Gasteiger partial charge is 0.368 e. The zero-order valence-electron chi connectivity index (χ0n) is 13.0. The lowest BCUT2D eigenvalue weighted by molar-refractivity contribution is 0.432. The molecule has 0 bridgehead atoms. The molecule has 0 radical (unpaired) electrons. The molecule has 2 unspecified atom stereocenters. The predicted octanol–water partition coefficient (Wildman–Crippen LogP) is 4.89. The number of nitrogens with one attached hydrogen (secondary N) is 1. The highest BCUT2D eigenvalue weighted by Gasteiger charge is 2.24. The van der Waals surface area contributed by atoms with Crippen molar-refractivity contribution in [1.29, 1.82) is 0 Å². The van der Waals surface area contributed by atoms with E-state index < -0.39 is 0 Å². The molecule has 1 N–H and O–H groups in total. The topological polar surface area (TPSA) is 15.3 Å². The van der Waals surface area contributed by atoms with Crippen molar-refractivity contribution in [3.8, 4) is 0 Å². The second kappa shape index (κ2) is 7.46. The van der Waals surface area contributed by atoms with Crippen molar-refractivity contribution in [2.24, 2.45) is 0 Å². The molecule has 2 nitrogen and oxygen atoms in total. The molecule has 0 amide bonds. The van der Waals surface area contributed by atoms with Crippen molar-refractivity contribution in [3.63, 3.8) is 0 Å². The summed E-state index contributed by atoms with van der Waals surface area (Å²) in [6.07, 6.45) is 6.63. The summed E-state index contributed by atoms with van der Waals surface area (Å²) < 4.78 is 1.17. The Labute approximate surface area is 132 Å². The molecule has 1 aromatic carbocycles. The van der Waals surface area contributed by atoms with Gasteiger partial charge in [0.05, 0.1) is 0 Å². The standard InChI is InChI=1S/C17H27BrN2/c1-4-7-15-8-5-6-11-20(15)17-10-9-14(18)12-16(17)13(2)19-3/h9-10,12-13,15,19H,4-8,11H2,1-3H3. The van der Waals surface area contributed by atoms with Gasteiger partial charge in [-0.05, 0) is 63.4 Å². The SMILES string of the molecule is CCCC1CCCCN1c1ccc(Br)cc1C(C)NC. The normalized spacial score (nSPS) is 21.0. The molecule has 112 valence electrons. The molecule has 2 rings (SSSR count). The van der Waals surface area contributed by atoms with Gasteiger partial charge in [0, 0.05) is 28.8 Å². The molecule has 0 aliphatic carbocycles. The van der Waals surface area contributed by atoms with Crippen LogP contribution in [0.15, 0.2) is 22.7 Å². The van der Waals surface area contributed by atoms with E-state index in [2.05, 4.69) is 58.2 Å². The summed E-state index contributed by atoms with van der Waals surface area (Å²) in [5.74, 6) is 0. The van der Waals surface area contributed by atoms with Crippen molar-refractivity contribution in [2.75, 3.05) is 18.5 Å². The average Bonchev–Trinajstić information content (AvgIpc) is 2.47. The second-order valence-corrected chi connectivity index (χ2v) is 6.76. The molecule has 0 spiro atoms. The lowest BCUT2D eigenvalue weighted by Crippen LogP contribution is -2.40. The number of hydrogen-bond donors (Lipinski definition) is 1. The predicted molar refractivity (Wildman–Crippen MR) is 91.5 cm³/mol. The summed E-state index contributed by atoms with van der Waals surface area (Å²) in [6, 6.07) is 7.85. The molecule has 1 heterocycles. The van der Waals surface area contributed by atoms with Gasteiger partial charge in [0.25, 0.3) is 0 Å². The summed E-state index contributed by atoms with van der Waals surface area (Å²) in [4.78, 5) is 2.66. The van der Waals surface area contributed by atoms with Crippen LogP contribution in [0.2, 0.25) is 0 Å². The van der Waals surface area contributed by atoms with Crippen LogP contribution >= 0.6 is 15.9 Å². The Balaban J connectivity index is 2.33. The number of anilines is 1. The van der Waals surface area contributed by atoms with Gasteiger partial charge in [-0.1, -0.05) is 29.3 Å². The third-order valence-corrected chi connectivity index (χ3v) is 4.94. The molecule has 20 heavy (non-hydrogen) atoms. The molecule has 1 saturated heterocycles. The molecular formula is C17H27BrN2. The van der Waals surface area contributed by atoms with Gasteiger partial charge in [-0.3, -0.25) is 0 Å². The van der Waals surface area contributed by atoms with Crippen LogP contribution < -0.4 is 10.2 Å². The number of hydrogen-bond acceptors (Lipinski definition) is 2. The molecule has 3 heteroatoms. The highest BCUT2D eigenvalue weighted by molar-refractivity contribution is 9.10. The van der Waals surface area contributed by atoms with Crippen LogP contribution in [-0.2, 0) is 0 Å². The van der Waals surface area contributed by atoms with Crippen LogP contribution in [0.3, 0.4) is 0 Å². The number of halogens is 1. The molecule has 1 aliphatic heterocycles. The maximum atomic E-state index is 3.62. The first-order valence-corrected chi connectivity index (χ1v) is 8.70. The molecule has 1 aromatic rings. The smallest absolute Gasteiger partial charge is 0.0417 e. The van der Waals surface area contributed by atoms with Crippen LogP contribution in [0.5, 0.6) is 0 Å². The van der Waals surface area contributed by atoms with E-state index in [9.17, 15) is 0 Å². The van der Waals surface area contributed by atoms with Crippen molar-refractivity contribution >= 4 is 21.6 Å². The van der Waals surface area contributed by atoms with Gasteiger partial charge in [-0.15, -0.1) is 0 Å². The third kappa shape index (κ3) is 3.56. The van der Waals surface area contributed by atoms with Crippen LogP contribution in [0.1, 0.15) is 57.6 Å². The first-order valence-electron chi connectivity index (χ1n) is 7.90. The lowest BCUT2D eigenvalue weighted by Gasteiger charge is -2.39. The van der Waals surface area contributed by atoms with Crippen LogP contribution in [0, 0.1) is 0 Å². The zero-order chi connectivity index (χ0) is 14.5. The first-order chi connectivity index (χ1) is 9.67. The number of rotatable bonds is 5. The van der Waals surface area contributed by atoms with Gasteiger partial charge in [0.1, 0.15) is 0 Å². The van der Waals surface area contributed by atoms with Gasteiger partial charge in [0.2, 0.25) is 0 Å². The maximum Gasteiger partial charge on any atom is 0.0417 e. The molecule has 0 saturated carbocycles. The van der Waals surface area contributed by atoms with Crippen LogP contribution in [0.4, 0.5) is 5.69 Å². The molecule has 2 atom stereocenters. The maximum absolute atomic E-state index is 3.62. The van der Waals surface area contributed by atoms with Gasteiger partial charge in [-0.2, -0.15) is 0 Å². The van der Waals surface area contributed by atoms with E-state index in [1.807, 2.05) is 7.05 Å². The molecular weight excluding hydrogens is 312 g/mol. The second-order valence-electron chi connectivity index (χ2n) is 5.85. The first kappa shape index (κ1) is 15.8. The summed E-state index contributed by atoms with van der Waals surface area (Å²) >= 11 is 3.62. The van der Waals surface area contributed by atoms with Crippen molar-refractivity contribution < 1.29 is 0 Å². The van der Waals surface area contributed by atoms with Crippen molar-refractivity contribution in [1.82, 2.24) is 5.32 Å². The van der Waals surface area contributed by atoms with Gasteiger partial charge in [0.15, 0.2) is 0 Å². The Morgan fingerprint density at radius 2 is 2.20 bits per heavy atom. The van der Waals surface area contributed by atoms with Gasteiger partial charge >= 0.3 is 0 Å². The van der Waals surface area contributed by atoms with Crippen molar-refractivity contribution in [3.05, 3.63) is 28.2 Å². The van der Waals surface area contributed by atoms with E-state index in [0.717, 1.165) is 6.04 Å². The molecule has 1 fully saturated rings. The minimum Gasteiger partial charge on any atom is -0.368 e. The Morgan fingerprint density at radius 1 is 1.40 bits per heavy atom. The molecule has 1 aliphatic rings. The van der Waals surface area contributed by atoms with Gasteiger partial charge in [-0.25, -0.2) is 0 Å². The minimum absolute atomic E-state index is 0.381. The van der Waals surface area contributed by atoms with Crippen LogP contribution in [-0.4, -0.2) is 19.6 Å². The van der Waals surface area contributed by atoms with E-state index in [0.29, 0.717) is 6.04 Å². The summed E-state index contributed by atoms with van der Waals surface area (Å²) in [5.41, 5.74) is 2.83. The summed E-state index contributed by atoms with van der Waals surface area (Å²) in [6.45, 7) is 5.74. The Morgan fingerprint density at radius 3 is 2.90 bits per heavy atom. The van der Waals surface area contributed by atoms with Crippen LogP contribution in [0.25, 0.3) is 0 Å². The monoisotopic (exact) mass is 338 g/mol. The molecule has 0 aromatic heterocycles. The summed E-state index contributed by atoms with van der Waals surface area (Å²) in [5, 5.41) is 3.39. The van der Waals surface area contributed by atoms with Crippen molar-refractivity contribution in [2.45, 2.75) is 58.0 Å². The Hall–Kier alpha value is -0.540. The number of nitrogens with zero attached hydrogens (tertiary/aromatic N) is 1. The fraction of sp³-hybridized carbons (Fsp3) is 0.647. The highest BCUT2D eigenvalue weighted by atomic mass is 79.9. The minimum atomic E-state index is 0.381. The lowest BCUT2D eigenvalue weighted by atomic mass is 9.95. The van der Waals surface area contributed by atoms with E-state index >= 15 is 0 Å².